The minimum atomic E-state index is -0.0442. The van der Waals surface area contributed by atoms with Crippen LogP contribution in [0.15, 0.2) is 61.1 Å². The van der Waals surface area contributed by atoms with Gasteiger partial charge in [-0.1, -0.05) is 6.07 Å². The number of carbonyl (C=O) groups is 1. The molecule has 2 N–H and O–H groups in total. The molecule has 0 saturated heterocycles. The summed E-state index contributed by atoms with van der Waals surface area (Å²) in [6, 6.07) is 13.7. The lowest BCUT2D eigenvalue weighted by molar-refractivity contribution is -0.115. The molecule has 0 radical (unpaired) electrons. The standard InChI is InChI=1S/C24H25N5O2/c1-16-4-7-19(14-17(16)2)27-22(30)10-11-26-24-23(18-5-8-20(31-3)9-6-18)28-21-15-25-12-13-29(21)24/h4-9,12-15,26H,10-11H2,1-3H3,(H,27,30). The van der Waals surface area contributed by atoms with Gasteiger partial charge < -0.3 is 15.4 Å². The van der Waals surface area contributed by atoms with Gasteiger partial charge in [-0.15, -0.1) is 0 Å². The summed E-state index contributed by atoms with van der Waals surface area (Å²) in [5.41, 5.74) is 5.65. The van der Waals surface area contributed by atoms with Crippen molar-refractivity contribution in [3.05, 3.63) is 72.2 Å². The van der Waals surface area contributed by atoms with Crippen molar-refractivity contribution < 1.29 is 9.53 Å². The van der Waals surface area contributed by atoms with Crippen LogP contribution in [0.2, 0.25) is 0 Å². The zero-order chi connectivity index (χ0) is 21.8. The summed E-state index contributed by atoms with van der Waals surface area (Å²) in [7, 11) is 1.64. The fraction of sp³-hybridized carbons (Fsp3) is 0.208. The highest BCUT2D eigenvalue weighted by Crippen LogP contribution is 2.29. The maximum absolute atomic E-state index is 12.4. The smallest absolute Gasteiger partial charge is 0.226 e. The van der Waals surface area contributed by atoms with E-state index in [0.717, 1.165) is 39.7 Å². The van der Waals surface area contributed by atoms with Crippen LogP contribution in [0.4, 0.5) is 11.5 Å². The molecule has 0 saturated carbocycles. The summed E-state index contributed by atoms with van der Waals surface area (Å²) in [4.78, 5) is 21.3. The molecule has 0 aliphatic heterocycles. The lowest BCUT2D eigenvalue weighted by atomic mass is 10.1. The molecule has 7 heteroatoms. The van der Waals surface area contributed by atoms with Gasteiger partial charge in [0.25, 0.3) is 0 Å². The third kappa shape index (κ3) is 4.50. The number of benzene rings is 2. The Morgan fingerprint density at radius 2 is 1.90 bits per heavy atom. The van der Waals surface area contributed by atoms with Crippen molar-refractivity contribution in [2.24, 2.45) is 0 Å². The molecule has 7 nitrogen and oxygen atoms in total. The van der Waals surface area contributed by atoms with Crippen LogP contribution in [0.5, 0.6) is 5.75 Å². The highest BCUT2D eigenvalue weighted by atomic mass is 16.5. The molecule has 4 rings (SSSR count). The van der Waals surface area contributed by atoms with E-state index in [9.17, 15) is 4.79 Å². The van der Waals surface area contributed by atoms with Gasteiger partial charge in [-0.2, -0.15) is 0 Å². The summed E-state index contributed by atoms with van der Waals surface area (Å²) in [5, 5.41) is 6.34. The third-order valence-electron chi connectivity index (χ3n) is 5.23. The second-order valence-corrected chi connectivity index (χ2v) is 7.37. The van der Waals surface area contributed by atoms with Crippen LogP contribution in [0, 0.1) is 13.8 Å². The number of nitrogens with zero attached hydrogens (tertiary/aromatic N) is 3. The zero-order valence-corrected chi connectivity index (χ0v) is 17.8. The van der Waals surface area contributed by atoms with Crippen LogP contribution in [0.25, 0.3) is 16.9 Å². The highest BCUT2D eigenvalue weighted by Gasteiger charge is 2.14. The lowest BCUT2D eigenvalue weighted by Gasteiger charge is -2.10. The lowest BCUT2D eigenvalue weighted by Crippen LogP contribution is -2.17. The summed E-state index contributed by atoms with van der Waals surface area (Å²) in [6.07, 6.45) is 5.61. The van der Waals surface area contributed by atoms with E-state index in [-0.39, 0.29) is 5.91 Å². The number of anilines is 2. The van der Waals surface area contributed by atoms with E-state index in [1.165, 1.54) is 5.56 Å². The molecule has 0 fully saturated rings. The van der Waals surface area contributed by atoms with Crippen molar-refractivity contribution in [3.63, 3.8) is 0 Å². The molecule has 0 aliphatic carbocycles. The molecule has 158 valence electrons. The van der Waals surface area contributed by atoms with Crippen molar-refractivity contribution in [1.82, 2.24) is 14.4 Å². The van der Waals surface area contributed by atoms with Gasteiger partial charge in [-0.3, -0.25) is 14.2 Å². The Balaban J connectivity index is 1.49. The van der Waals surface area contributed by atoms with Crippen molar-refractivity contribution in [2.75, 3.05) is 24.3 Å². The van der Waals surface area contributed by atoms with E-state index in [0.29, 0.717) is 13.0 Å². The monoisotopic (exact) mass is 415 g/mol. The van der Waals surface area contributed by atoms with E-state index in [1.807, 2.05) is 60.0 Å². The van der Waals surface area contributed by atoms with E-state index in [2.05, 4.69) is 22.5 Å². The molecule has 0 spiro atoms. The third-order valence-corrected chi connectivity index (χ3v) is 5.23. The number of ether oxygens (including phenoxy) is 1. The molecule has 2 heterocycles. The van der Waals surface area contributed by atoms with Gasteiger partial charge in [0, 0.05) is 36.6 Å². The first-order chi connectivity index (χ1) is 15.0. The number of aromatic nitrogens is 3. The maximum Gasteiger partial charge on any atom is 0.226 e. The number of methoxy groups -OCH3 is 1. The number of rotatable bonds is 7. The van der Waals surface area contributed by atoms with E-state index >= 15 is 0 Å². The largest absolute Gasteiger partial charge is 0.497 e. The Hall–Kier alpha value is -3.87. The molecule has 0 aliphatic rings. The molecule has 2 aromatic heterocycles. The SMILES string of the molecule is COc1ccc(-c2nc3cnccn3c2NCCC(=O)Nc2ccc(C)c(C)c2)cc1. The summed E-state index contributed by atoms with van der Waals surface area (Å²) < 4.78 is 7.19. The summed E-state index contributed by atoms with van der Waals surface area (Å²) >= 11 is 0. The second-order valence-electron chi connectivity index (χ2n) is 7.37. The van der Waals surface area contributed by atoms with E-state index < -0.39 is 0 Å². The number of imidazole rings is 1. The van der Waals surface area contributed by atoms with Crippen molar-refractivity contribution in [2.45, 2.75) is 20.3 Å². The van der Waals surface area contributed by atoms with Crippen molar-refractivity contribution in [3.8, 4) is 17.0 Å². The van der Waals surface area contributed by atoms with Gasteiger partial charge in [-0.05, 0) is 61.4 Å². The van der Waals surface area contributed by atoms with Crippen LogP contribution in [-0.4, -0.2) is 33.9 Å². The Morgan fingerprint density at radius 3 is 2.65 bits per heavy atom. The van der Waals surface area contributed by atoms with Gasteiger partial charge in [0.15, 0.2) is 5.65 Å². The van der Waals surface area contributed by atoms with E-state index in [1.54, 1.807) is 19.5 Å². The average molecular weight is 415 g/mol. The number of aryl methyl sites for hydroxylation is 2. The van der Waals surface area contributed by atoms with Gasteiger partial charge in [0.1, 0.15) is 17.3 Å². The molecule has 0 atom stereocenters. The Morgan fingerprint density at radius 1 is 1.10 bits per heavy atom. The van der Waals surface area contributed by atoms with Crippen LogP contribution >= 0.6 is 0 Å². The number of hydrogen-bond acceptors (Lipinski definition) is 5. The Bertz CT molecular complexity index is 1210. The van der Waals surface area contributed by atoms with Crippen LogP contribution in [0.3, 0.4) is 0 Å². The van der Waals surface area contributed by atoms with Crippen molar-refractivity contribution in [1.29, 1.82) is 0 Å². The summed E-state index contributed by atoms with van der Waals surface area (Å²) in [6.45, 7) is 4.56. The molecular formula is C24H25N5O2. The molecule has 0 bridgehead atoms. The number of nitrogens with one attached hydrogen (secondary N) is 2. The van der Waals surface area contributed by atoms with Crippen LogP contribution < -0.4 is 15.4 Å². The van der Waals surface area contributed by atoms with Gasteiger partial charge in [0.2, 0.25) is 5.91 Å². The van der Waals surface area contributed by atoms with Crippen LogP contribution in [-0.2, 0) is 4.79 Å². The van der Waals surface area contributed by atoms with Crippen LogP contribution in [0.1, 0.15) is 17.5 Å². The number of carbonyl (C=O) groups excluding carboxylic acids is 1. The van der Waals surface area contributed by atoms with Gasteiger partial charge in [-0.25, -0.2) is 4.98 Å². The number of fused-ring (bicyclic) bond motifs is 1. The Kier molecular flexibility index (Phi) is 5.84. The normalized spacial score (nSPS) is 10.8. The number of amides is 1. The van der Waals surface area contributed by atoms with Gasteiger partial charge >= 0.3 is 0 Å². The summed E-state index contributed by atoms with van der Waals surface area (Å²) in [5.74, 6) is 1.56. The first-order valence-electron chi connectivity index (χ1n) is 10.1. The molecule has 4 aromatic rings. The molecule has 31 heavy (non-hydrogen) atoms. The van der Waals surface area contributed by atoms with Crippen molar-refractivity contribution >= 4 is 23.1 Å². The predicted octanol–water partition coefficient (Wildman–Crippen LogP) is 4.46. The molecule has 0 unspecified atom stereocenters. The quantitative estimate of drug-likeness (QED) is 0.466. The first-order valence-corrected chi connectivity index (χ1v) is 10.1. The topological polar surface area (TPSA) is 80.6 Å². The Labute approximate surface area is 181 Å². The van der Waals surface area contributed by atoms with Gasteiger partial charge in [0.05, 0.1) is 13.3 Å². The number of hydrogen-bond donors (Lipinski definition) is 2. The predicted molar refractivity (Wildman–Crippen MR) is 123 cm³/mol. The highest BCUT2D eigenvalue weighted by molar-refractivity contribution is 5.91. The molecular weight excluding hydrogens is 390 g/mol. The minimum Gasteiger partial charge on any atom is -0.497 e. The fourth-order valence-electron chi connectivity index (χ4n) is 3.36. The first kappa shape index (κ1) is 20.4. The molecule has 2 aromatic carbocycles. The zero-order valence-electron chi connectivity index (χ0n) is 17.8. The second kappa shape index (κ2) is 8.87. The fourth-order valence-corrected chi connectivity index (χ4v) is 3.36. The minimum absolute atomic E-state index is 0.0442. The molecule has 1 amide bonds. The maximum atomic E-state index is 12.4. The average Bonchev–Trinajstić information content (AvgIpc) is 3.15. The van der Waals surface area contributed by atoms with E-state index in [4.69, 9.17) is 9.72 Å².